The van der Waals surface area contributed by atoms with Crippen molar-refractivity contribution >= 4 is 50.8 Å². The van der Waals surface area contributed by atoms with E-state index < -0.39 is 10.0 Å². The molecule has 2 aromatic heterocycles. The number of hydrogen-bond acceptors (Lipinski definition) is 8. The number of carbonyl (C=O) groups is 1. The van der Waals surface area contributed by atoms with Crippen LogP contribution in [0.15, 0.2) is 42.7 Å². The molecule has 0 fully saturated rings. The molecule has 0 saturated carbocycles. The van der Waals surface area contributed by atoms with Gasteiger partial charge in [-0.3, -0.25) is 9.10 Å². The lowest BCUT2D eigenvalue weighted by Crippen LogP contribution is -2.27. The Morgan fingerprint density at radius 3 is 2.66 bits per heavy atom. The summed E-state index contributed by atoms with van der Waals surface area (Å²) in [7, 11) is -2.03. The summed E-state index contributed by atoms with van der Waals surface area (Å²) in [6.07, 6.45) is 4.98. The number of anilines is 4. The predicted molar refractivity (Wildman–Crippen MR) is 139 cm³/mol. The van der Waals surface area contributed by atoms with Crippen molar-refractivity contribution in [2.24, 2.45) is 0 Å². The minimum absolute atomic E-state index is 0.119. The molecule has 186 valence electrons. The van der Waals surface area contributed by atoms with E-state index in [1.165, 1.54) is 19.4 Å². The predicted octanol–water partition coefficient (Wildman–Crippen LogP) is 3.72. The molecule has 0 saturated heterocycles. The van der Waals surface area contributed by atoms with Crippen LogP contribution in [0.2, 0.25) is 5.02 Å². The molecule has 0 spiro atoms. The van der Waals surface area contributed by atoms with Gasteiger partial charge in [-0.05, 0) is 43.2 Å². The summed E-state index contributed by atoms with van der Waals surface area (Å²) in [5.41, 5.74) is 2.82. The molecule has 1 aromatic carbocycles. The Morgan fingerprint density at radius 1 is 1.20 bits per heavy atom. The number of aromatic nitrogens is 3. The molecule has 3 rings (SSSR count). The summed E-state index contributed by atoms with van der Waals surface area (Å²) in [6, 6.07) is 8.82. The fourth-order valence-corrected chi connectivity index (χ4v) is 3.78. The third kappa shape index (κ3) is 6.80. The van der Waals surface area contributed by atoms with E-state index in [2.05, 4.69) is 30.9 Å². The Morgan fingerprint density at radius 2 is 1.97 bits per heavy atom. The first-order chi connectivity index (χ1) is 16.6. The van der Waals surface area contributed by atoms with Gasteiger partial charge in [-0.1, -0.05) is 24.6 Å². The van der Waals surface area contributed by atoms with Gasteiger partial charge in [0.15, 0.2) is 5.82 Å². The van der Waals surface area contributed by atoms with E-state index in [1.54, 1.807) is 30.3 Å². The van der Waals surface area contributed by atoms with Crippen molar-refractivity contribution in [2.45, 2.75) is 26.8 Å². The molecule has 10 nitrogen and oxygen atoms in total. The fourth-order valence-electron chi connectivity index (χ4n) is 3.15. The number of halogens is 1. The van der Waals surface area contributed by atoms with E-state index in [1.807, 2.05) is 13.8 Å². The normalized spacial score (nSPS) is 11.1. The second-order valence-electron chi connectivity index (χ2n) is 7.87. The molecular formula is C23H28ClN7O3S. The number of hydrogen-bond donors (Lipinski definition) is 3. The molecule has 0 aliphatic rings. The van der Waals surface area contributed by atoms with Crippen LogP contribution in [0.3, 0.4) is 0 Å². The quantitative estimate of drug-likeness (QED) is 0.371. The Labute approximate surface area is 210 Å². The zero-order chi connectivity index (χ0) is 25.6. The van der Waals surface area contributed by atoms with Crippen LogP contribution in [-0.2, 0) is 16.6 Å². The highest BCUT2D eigenvalue weighted by Gasteiger charge is 2.17. The highest BCUT2D eigenvalue weighted by molar-refractivity contribution is 7.92. The van der Waals surface area contributed by atoms with Gasteiger partial charge in [-0.2, -0.15) is 4.98 Å². The van der Waals surface area contributed by atoms with Crippen molar-refractivity contribution in [1.82, 2.24) is 20.3 Å². The molecule has 3 aromatic rings. The monoisotopic (exact) mass is 517 g/mol. The van der Waals surface area contributed by atoms with Gasteiger partial charge in [0.25, 0.3) is 5.91 Å². The highest BCUT2D eigenvalue weighted by Crippen LogP contribution is 2.25. The first-order valence-electron chi connectivity index (χ1n) is 10.9. The van der Waals surface area contributed by atoms with Crippen LogP contribution < -0.4 is 20.3 Å². The van der Waals surface area contributed by atoms with Gasteiger partial charge >= 0.3 is 0 Å². The lowest BCUT2D eigenvalue weighted by Gasteiger charge is -2.19. The number of sulfonamides is 1. The standard InChI is InChI=1S/C23H28ClN7O3S/c1-5-10-26-22(32)16-8-9-19(15(2)12-16)29-23-28-14-18(24)20(30-23)27-13-17-7-6-11-25-21(17)31(3)35(4,33)34/h6-9,11-12,14H,5,10,13H2,1-4H3,(H,26,32)(H2,27,28,29,30). The molecule has 35 heavy (non-hydrogen) atoms. The van der Waals surface area contributed by atoms with Crippen molar-refractivity contribution < 1.29 is 13.2 Å². The van der Waals surface area contributed by atoms with Gasteiger partial charge in [0.1, 0.15) is 10.8 Å². The summed E-state index contributed by atoms with van der Waals surface area (Å²) in [6.45, 7) is 4.74. The van der Waals surface area contributed by atoms with Crippen LogP contribution in [0.1, 0.15) is 34.8 Å². The van der Waals surface area contributed by atoms with Crippen LogP contribution in [-0.4, -0.2) is 49.1 Å². The number of rotatable bonds is 10. The van der Waals surface area contributed by atoms with Gasteiger partial charge in [0.2, 0.25) is 16.0 Å². The first kappa shape index (κ1) is 26.2. The maximum absolute atomic E-state index is 12.2. The SMILES string of the molecule is CCCNC(=O)c1ccc(Nc2ncc(Cl)c(NCc3cccnc3N(C)S(C)(=O)=O)n2)c(C)c1. The lowest BCUT2D eigenvalue weighted by atomic mass is 10.1. The summed E-state index contributed by atoms with van der Waals surface area (Å²) >= 11 is 6.29. The molecule has 0 atom stereocenters. The average molecular weight is 518 g/mol. The minimum atomic E-state index is -3.47. The minimum Gasteiger partial charge on any atom is -0.364 e. The molecule has 0 aliphatic carbocycles. The zero-order valence-electron chi connectivity index (χ0n) is 20.0. The second-order valence-corrected chi connectivity index (χ2v) is 10.3. The summed E-state index contributed by atoms with van der Waals surface area (Å²) < 4.78 is 25.0. The Hall–Kier alpha value is -3.44. The second kappa shape index (κ2) is 11.3. The van der Waals surface area contributed by atoms with Crippen molar-refractivity contribution in [3.8, 4) is 0 Å². The summed E-state index contributed by atoms with van der Waals surface area (Å²) in [5.74, 6) is 0.869. The van der Waals surface area contributed by atoms with Gasteiger partial charge < -0.3 is 16.0 Å². The fraction of sp³-hybridized carbons (Fsp3) is 0.304. The molecule has 12 heteroatoms. The van der Waals surface area contributed by atoms with E-state index in [0.717, 1.165) is 28.2 Å². The van der Waals surface area contributed by atoms with Gasteiger partial charge in [-0.25, -0.2) is 18.4 Å². The highest BCUT2D eigenvalue weighted by atomic mass is 35.5. The smallest absolute Gasteiger partial charge is 0.251 e. The number of nitrogens with zero attached hydrogens (tertiary/aromatic N) is 4. The van der Waals surface area contributed by atoms with Gasteiger partial charge in [0, 0.05) is 43.1 Å². The van der Waals surface area contributed by atoms with Crippen molar-refractivity contribution in [2.75, 3.05) is 34.8 Å². The van der Waals surface area contributed by atoms with E-state index >= 15 is 0 Å². The molecule has 0 radical (unpaired) electrons. The third-order valence-corrected chi connectivity index (χ3v) is 6.57. The molecule has 1 amide bonds. The molecule has 2 heterocycles. The number of aryl methyl sites for hydroxylation is 1. The molecule has 0 aliphatic heterocycles. The van der Waals surface area contributed by atoms with E-state index in [-0.39, 0.29) is 12.5 Å². The first-order valence-corrected chi connectivity index (χ1v) is 13.1. The van der Waals surface area contributed by atoms with Crippen LogP contribution in [0.25, 0.3) is 0 Å². The Balaban J connectivity index is 1.76. The molecule has 0 bridgehead atoms. The van der Waals surface area contributed by atoms with Crippen LogP contribution in [0.4, 0.5) is 23.3 Å². The number of pyridine rings is 1. The van der Waals surface area contributed by atoms with E-state index in [4.69, 9.17) is 11.6 Å². The molecular weight excluding hydrogens is 490 g/mol. The molecule has 3 N–H and O–H groups in total. The van der Waals surface area contributed by atoms with Gasteiger partial charge in [-0.15, -0.1) is 0 Å². The number of amides is 1. The van der Waals surface area contributed by atoms with Crippen LogP contribution in [0, 0.1) is 6.92 Å². The summed E-state index contributed by atoms with van der Waals surface area (Å²) in [5, 5.41) is 9.43. The number of nitrogens with one attached hydrogen (secondary N) is 3. The van der Waals surface area contributed by atoms with Gasteiger partial charge in [0.05, 0.1) is 12.5 Å². The number of benzene rings is 1. The van der Waals surface area contributed by atoms with Crippen molar-refractivity contribution in [1.29, 1.82) is 0 Å². The summed E-state index contributed by atoms with van der Waals surface area (Å²) in [4.78, 5) is 25.1. The lowest BCUT2D eigenvalue weighted by molar-refractivity contribution is 0.0953. The zero-order valence-corrected chi connectivity index (χ0v) is 21.5. The molecule has 0 unspecified atom stereocenters. The topological polar surface area (TPSA) is 129 Å². The Kier molecular flexibility index (Phi) is 8.47. The van der Waals surface area contributed by atoms with E-state index in [9.17, 15) is 13.2 Å². The van der Waals surface area contributed by atoms with Crippen LogP contribution >= 0.6 is 11.6 Å². The largest absolute Gasteiger partial charge is 0.364 e. The van der Waals surface area contributed by atoms with Crippen LogP contribution in [0.5, 0.6) is 0 Å². The maximum Gasteiger partial charge on any atom is 0.251 e. The average Bonchev–Trinajstić information content (AvgIpc) is 2.83. The van der Waals surface area contributed by atoms with E-state index in [0.29, 0.717) is 40.3 Å². The number of carbonyl (C=O) groups excluding carboxylic acids is 1. The maximum atomic E-state index is 12.2. The third-order valence-electron chi connectivity index (χ3n) is 5.12. The van der Waals surface area contributed by atoms with Crippen molar-refractivity contribution in [3.05, 3.63) is 64.4 Å². The Bertz CT molecular complexity index is 1320. The van der Waals surface area contributed by atoms with Crippen molar-refractivity contribution in [3.63, 3.8) is 0 Å².